The number of hydrogen-bond donors (Lipinski definition) is 9. The summed E-state index contributed by atoms with van der Waals surface area (Å²) in [5.74, 6) is -2.14. The topological polar surface area (TPSA) is 236 Å². The maximum atomic E-state index is 12.4. The summed E-state index contributed by atoms with van der Waals surface area (Å²) in [4.78, 5) is 12.4. The van der Waals surface area contributed by atoms with Crippen LogP contribution in [0.4, 0.5) is 0 Å². The number of aromatic hydroxyl groups is 3. The van der Waals surface area contributed by atoms with Gasteiger partial charge in [0.25, 0.3) is 0 Å². The average Bonchev–Trinajstić information content (AvgIpc) is 3.20. The van der Waals surface area contributed by atoms with Crippen LogP contribution in [0.25, 0.3) is 6.08 Å². The summed E-state index contributed by atoms with van der Waals surface area (Å²) >= 11 is 0. The Morgan fingerprint density at radius 1 is 1.00 bits per heavy atom. The lowest BCUT2D eigenvalue weighted by molar-refractivity contribution is -0.318. The Kier molecular flexibility index (Phi) is 8.94. The molecule has 14 nitrogen and oxygen atoms in total. The minimum Gasteiger partial charge on any atom is -0.508 e. The zero-order chi connectivity index (χ0) is 29.2. The Morgan fingerprint density at radius 2 is 1.65 bits per heavy atom. The molecule has 14 heteroatoms. The minimum absolute atomic E-state index is 0.177. The largest absolute Gasteiger partial charge is 0.508 e. The number of aliphatic hydroxyl groups is 6. The number of hydrogen-bond acceptors (Lipinski definition) is 14. The van der Waals surface area contributed by atoms with Gasteiger partial charge in [-0.15, -0.1) is 0 Å². The van der Waals surface area contributed by atoms with E-state index in [2.05, 4.69) is 0 Å². The van der Waals surface area contributed by atoms with E-state index in [4.69, 9.17) is 18.9 Å². The van der Waals surface area contributed by atoms with E-state index in [1.54, 1.807) is 0 Å². The fourth-order valence-electron chi connectivity index (χ4n) is 4.26. The Balaban J connectivity index is 1.47. The van der Waals surface area contributed by atoms with Gasteiger partial charge in [0, 0.05) is 12.1 Å². The zero-order valence-corrected chi connectivity index (χ0v) is 20.8. The first-order chi connectivity index (χ1) is 19.0. The molecular weight excluding hydrogens is 536 g/mol. The van der Waals surface area contributed by atoms with Crippen molar-refractivity contribution in [2.24, 2.45) is 0 Å². The number of phenols is 3. The van der Waals surface area contributed by atoms with Crippen molar-refractivity contribution in [2.45, 2.75) is 48.7 Å². The summed E-state index contributed by atoms with van der Waals surface area (Å²) in [5.41, 5.74) is -1.88. The number of allylic oxidation sites excluding steroid dienone is 1. The number of benzene rings is 2. The predicted molar refractivity (Wildman–Crippen MR) is 132 cm³/mol. The molecular formula is C26H30O14. The third-order valence-corrected chi connectivity index (χ3v) is 6.58. The van der Waals surface area contributed by atoms with Gasteiger partial charge in [-0.05, 0) is 23.8 Å². The van der Waals surface area contributed by atoms with Crippen molar-refractivity contribution < 1.29 is 69.7 Å². The van der Waals surface area contributed by atoms with E-state index >= 15 is 0 Å². The molecule has 2 saturated heterocycles. The molecule has 0 aliphatic carbocycles. The van der Waals surface area contributed by atoms with Crippen molar-refractivity contribution in [2.75, 3.05) is 19.8 Å². The fraction of sp³-hybridized carbons (Fsp3) is 0.423. The number of rotatable bonds is 9. The van der Waals surface area contributed by atoms with Gasteiger partial charge >= 0.3 is 0 Å². The van der Waals surface area contributed by atoms with E-state index in [1.165, 1.54) is 30.3 Å². The van der Waals surface area contributed by atoms with Crippen LogP contribution in [0, 0.1) is 0 Å². The number of ether oxygens (including phenoxy) is 4. The molecule has 2 aliphatic rings. The van der Waals surface area contributed by atoms with E-state index < -0.39 is 91.6 Å². The molecule has 2 heterocycles. The monoisotopic (exact) mass is 566 g/mol. The molecule has 4 rings (SSSR count). The molecule has 8 atom stereocenters. The zero-order valence-electron chi connectivity index (χ0n) is 20.8. The first-order valence-corrected chi connectivity index (χ1v) is 12.1. The van der Waals surface area contributed by atoms with E-state index in [9.17, 15) is 50.8 Å². The molecule has 0 radical (unpaired) electrons. The first kappa shape index (κ1) is 29.7. The smallest absolute Gasteiger partial charge is 0.229 e. The van der Waals surface area contributed by atoms with Gasteiger partial charge in [0.05, 0.1) is 19.8 Å². The number of ketones is 1. The fourth-order valence-corrected chi connectivity index (χ4v) is 4.26. The molecule has 2 aliphatic heterocycles. The van der Waals surface area contributed by atoms with Gasteiger partial charge in [0.2, 0.25) is 6.29 Å². The molecule has 0 aromatic heterocycles. The number of aliphatic hydroxyl groups excluding tert-OH is 5. The molecule has 2 fully saturated rings. The maximum Gasteiger partial charge on any atom is 0.229 e. The normalized spacial score (nSPS) is 32.4. The maximum absolute atomic E-state index is 12.4. The molecule has 0 saturated carbocycles. The molecule has 2 aromatic carbocycles. The van der Waals surface area contributed by atoms with Crippen LogP contribution in [0.15, 0.2) is 42.5 Å². The number of carbonyl (C=O) groups excluding carboxylic acids is 1. The third-order valence-electron chi connectivity index (χ3n) is 6.58. The van der Waals surface area contributed by atoms with Gasteiger partial charge in [-0.25, -0.2) is 0 Å². The van der Waals surface area contributed by atoms with Crippen LogP contribution < -0.4 is 4.74 Å². The van der Waals surface area contributed by atoms with Gasteiger partial charge in [-0.2, -0.15) is 0 Å². The summed E-state index contributed by atoms with van der Waals surface area (Å²) in [6.45, 7) is -1.95. The predicted octanol–water partition coefficient (Wildman–Crippen LogP) is -1.66. The van der Waals surface area contributed by atoms with Crippen molar-refractivity contribution >= 4 is 11.9 Å². The van der Waals surface area contributed by atoms with Crippen molar-refractivity contribution in [3.8, 4) is 23.0 Å². The second-order valence-electron chi connectivity index (χ2n) is 9.44. The number of phenolic OH excluding ortho intramolecular Hbond substituents is 3. The van der Waals surface area contributed by atoms with E-state index in [-0.39, 0.29) is 11.3 Å². The molecule has 0 amide bonds. The molecule has 0 spiro atoms. The minimum atomic E-state index is -2.00. The summed E-state index contributed by atoms with van der Waals surface area (Å²) in [6.07, 6.45) is -8.13. The van der Waals surface area contributed by atoms with Crippen LogP contribution in [-0.4, -0.2) is 120 Å². The van der Waals surface area contributed by atoms with Gasteiger partial charge in [0.1, 0.15) is 58.6 Å². The van der Waals surface area contributed by atoms with E-state index in [1.807, 2.05) is 0 Å². The lowest BCUT2D eigenvalue weighted by Crippen LogP contribution is -2.62. The van der Waals surface area contributed by atoms with E-state index in [0.29, 0.717) is 5.56 Å². The van der Waals surface area contributed by atoms with Crippen LogP contribution in [0.3, 0.4) is 0 Å². The Hall–Kier alpha value is -3.31. The van der Waals surface area contributed by atoms with Crippen LogP contribution in [-0.2, 0) is 14.2 Å². The lowest BCUT2D eigenvalue weighted by atomic mass is 9.98. The summed E-state index contributed by atoms with van der Waals surface area (Å²) in [5, 5.41) is 89.5. The SMILES string of the molecule is O=C(/C=C/c1ccc(O[C@@H]2O[C@H](CO)[C@@H](O)[C@H](O)[C@H]2O[C@@H]2OC[C@](O)(CO)[C@H]2O)cc1)c1c(O)cc(O)cc1O. The van der Waals surface area contributed by atoms with Crippen LogP contribution in [0.2, 0.25) is 0 Å². The third kappa shape index (κ3) is 6.05. The lowest BCUT2D eigenvalue weighted by Gasteiger charge is -2.42. The molecule has 0 bridgehead atoms. The Bertz CT molecular complexity index is 1190. The van der Waals surface area contributed by atoms with Crippen LogP contribution >= 0.6 is 0 Å². The van der Waals surface area contributed by atoms with Crippen molar-refractivity contribution in [1.82, 2.24) is 0 Å². The second-order valence-corrected chi connectivity index (χ2v) is 9.44. The summed E-state index contributed by atoms with van der Waals surface area (Å²) in [7, 11) is 0. The Labute approximate surface area is 227 Å². The highest BCUT2D eigenvalue weighted by Crippen LogP contribution is 2.34. The van der Waals surface area contributed by atoms with Gasteiger partial charge in [-0.3, -0.25) is 4.79 Å². The highest BCUT2D eigenvalue weighted by molar-refractivity contribution is 6.10. The van der Waals surface area contributed by atoms with Crippen molar-refractivity contribution in [1.29, 1.82) is 0 Å². The highest BCUT2D eigenvalue weighted by atomic mass is 16.8. The van der Waals surface area contributed by atoms with Crippen LogP contribution in [0.5, 0.6) is 23.0 Å². The second kappa shape index (κ2) is 12.1. The van der Waals surface area contributed by atoms with Crippen molar-refractivity contribution in [3.63, 3.8) is 0 Å². The molecule has 40 heavy (non-hydrogen) atoms. The van der Waals surface area contributed by atoms with Gasteiger partial charge in [-0.1, -0.05) is 18.2 Å². The van der Waals surface area contributed by atoms with E-state index in [0.717, 1.165) is 18.2 Å². The van der Waals surface area contributed by atoms with Crippen molar-refractivity contribution in [3.05, 3.63) is 53.6 Å². The summed E-state index contributed by atoms with van der Waals surface area (Å²) < 4.78 is 22.1. The number of carbonyl (C=O) groups is 1. The highest BCUT2D eigenvalue weighted by Gasteiger charge is 2.53. The standard InChI is InChI=1S/C26H30O14/c27-9-18-20(33)21(34)22(40-25-23(35)26(36,10-28)11-37-25)24(39-18)38-14-4-1-12(2-5-14)3-6-15(30)19-16(31)7-13(29)8-17(19)32/h1-8,18,20-25,27-29,31-36H,9-11H2/b6-3+/t18-,20-,21+,22-,23+,24-,25+,26-/m1/s1. The summed E-state index contributed by atoms with van der Waals surface area (Å²) in [6, 6.07) is 7.85. The van der Waals surface area contributed by atoms with Gasteiger partial charge in [0.15, 0.2) is 18.2 Å². The molecule has 2 aromatic rings. The van der Waals surface area contributed by atoms with Gasteiger partial charge < -0.3 is 64.9 Å². The molecule has 9 N–H and O–H groups in total. The average molecular weight is 567 g/mol. The first-order valence-electron chi connectivity index (χ1n) is 12.1. The molecule has 0 unspecified atom stereocenters. The Morgan fingerprint density at radius 3 is 2.23 bits per heavy atom. The quantitative estimate of drug-likeness (QED) is 0.122. The van der Waals surface area contributed by atoms with Crippen LogP contribution in [0.1, 0.15) is 15.9 Å². The molecule has 218 valence electrons.